The molecule has 4 aromatic rings. The van der Waals surface area contributed by atoms with Crippen LogP contribution >= 0.6 is 38.9 Å². The Morgan fingerprint density at radius 1 is 1.09 bits per heavy atom. The number of thiazole rings is 1. The first kappa shape index (κ1) is 22.8. The number of benzene rings is 2. The van der Waals surface area contributed by atoms with Gasteiger partial charge in [-0.1, -0.05) is 44.9 Å². The lowest BCUT2D eigenvalue weighted by Crippen LogP contribution is -2.32. The van der Waals surface area contributed by atoms with Crippen molar-refractivity contribution in [3.8, 4) is 0 Å². The van der Waals surface area contributed by atoms with Gasteiger partial charge >= 0.3 is 0 Å². The van der Waals surface area contributed by atoms with Crippen LogP contribution in [0.5, 0.6) is 0 Å². The van der Waals surface area contributed by atoms with Crippen molar-refractivity contribution in [3.05, 3.63) is 82.0 Å². The number of sulfone groups is 1. The first-order chi connectivity index (χ1) is 15.3. The maximum Gasteiger partial charge on any atom is 0.230 e. The zero-order valence-corrected chi connectivity index (χ0v) is 20.6. The van der Waals surface area contributed by atoms with Crippen molar-refractivity contribution in [3.63, 3.8) is 0 Å². The van der Waals surface area contributed by atoms with Crippen LogP contribution in [0.4, 0.5) is 5.13 Å². The number of aromatic nitrogens is 2. The summed E-state index contributed by atoms with van der Waals surface area (Å²) in [4.78, 5) is 23.7. The lowest BCUT2D eigenvalue weighted by atomic mass is 10.3. The maximum absolute atomic E-state index is 13.2. The molecule has 0 atom stereocenters. The molecule has 2 aromatic heterocycles. The second-order valence-corrected chi connectivity index (χ2v) is 11.4. The Labute approximate surface area is 202 Å². The first-order valence-corrected chi connectivity index (χ1v) is 13.2. The lowest BCUT2D eigenvalue weighted by Gasteiger charge is -2.19. The largest absolute Gasteiger partial charge is 0.282 e. The normalized spacial score (nSPS) is 11.6. The quantitative estimate of drug-likeness (QED) is 0.303. The van der Waals surface area contributed by atoms with E-state index in [1.807, 2.05) is 30.3 Å². The van der Waals surface area contributed by atoms with E-state index in [-0.39, 0.29) is 29.5 Å². The second-order valence-electron chi connectivity index (χ2n) is 6.93. The van der Waals surface area contributed by atoms with Crippen LogP contribution in [0, 0.1) is 0 Å². The van der Waals surface area contributed by atoms with Crippen molar-refractivity contribution >= 4 is 70.0 Å². The Hall–Kier alpha value is -2.33. The summed E-state index contributed by atoms with van der Waals surface area (Å²) in [5.74, 6) is -0.658. The first-order valence-electron chi connectivity index (χ1n) is 9.56. The molecular weight excluding hydrogens is 534 g/mol. The molecule has 6 nitrogen and oxygen atoms in total. The molecule has 2 aromatic carbocycles. The Kier molecular flexibility index (Phi) is 6.90. The van der Waals surface area contributed by atoms with Gasteiger partial charge in [-0.3, -0.25) is 14.7 Å². The van der Waals surface area contributed by atoms with E-state index in [1.54, 1.807) is 12.3 Å². The molecule has 164 valence electrons. The van der Waals surface area contributed by atoms with Crippen LogP contribution in [-0.2, 0) is 21.2 Å². The van der Waals surface area contributed by atoms with Gasteiger partial charge in [-0.25, -0.2) is 13.4 Å². The van der Waals surface area contributed by atoms with Crippen LogP contribution in [0.15, 0.2) is 76.2 Å². The fourth-order valence-electron chi connectivity index (χ4n) is 3.03. The molecule has 1 amide bonds. The standard InChI is InChI=1S/C22H17BrClN3O3S2/c23-15-4-9-19-20(13-15)31-22(26-19)27(14-17-3-1-2-11-25-17)21(28)10-12-32(29,30)18-7-5-16(24)6-8-18/h1-9,11,13H,10,12,14H2. The van der Waals surface area contributed by atoms with Crippen molar-refractivity contribution in [2.24, 2.45) is 0 Å². The highest BCUT2D eigenvalue weighted by Crippen LogP contribution is 2.32. The number of hydrogen-bond donors (Lipinski definition) is 0. The van der Waals surface area contributed by atoms with Crippen molar-refractivity contribution in [1.82, 2.24) is 9.97 Å². The zero-order valence-electron chi connectivity index (χ0n) is 16.6. The Morgan fingerprint density at radius 3 is 2.59 bits per heavy atom. The van der Waals surface area contributed by atoms with Gasteiger partial charge in [-0.15, -0.1) is 0 Å². The van der Waals surface area contributed by atoms with Gasteiger partial charge in [0, 0.05) is 22.1 Å². The number of carbonyl (C=O) groups excluding carboxylic acids is 1. The topological polar surface area (TPSA) is 80.2 Å². The number of fused-ring (bicyclic) bond motifs is 1. The number of rotatable bonds is 7. The van der Waals surface area contributed by atoms with Crippen molar-refractivity contribution in [1.29, 1.82) is 0 Å². The van der Waals surface area contributed by atoms with E-state index >= 15 is 0 Å². The predicted octanol–water partition coefficient (Wildman–Crippen LogP) is 5.50. The third-order valence-electron chi connectivity index (χ3n) is 4.67. The van der Waals surface area contributed by atoms with Crippen molar-refractivity contribution in [2.45, 2.75) is 17.9 Å². The van der Waals surface area contributed by atoms with Crippen LogP contribution in [-0.4, -0.2) is 30.0 Å². The predicted molar refractivity (Wildman–Crippen MR) is 131 cm³/mol. The highest BCUT2D eigenvalue weighted by Gasteiger charge is 2.24. The Morgan fingerprint density at radius 2 is 1.88 bits per heavy atom. The molecule has 0 saturated carbocycles. The molecule has 32 heavy (non-hydrogen) atoms. The summed E-state index contributed by atoms with van der Waals surface area (Å²) in [5.41, 5.74) is 1.45. The molecule has 0 aliphatic rings. The number of hydrogen-bond acceptors (Lipinski definition) is 6. The summed E-state index contributed by atoms with van der Waals surface area (Å²) in [5, 5.41) is 0.946. The summed E-state index contributed by atoms with van der Waals surface area (Å²) < 4.78 is 27.2. The zero-order chi connectivity index (χ0) is 22.7. The highest BCUT2D eigenvalue weighted by atomic mass is 79.9. The molecule has 2 heterocycles. The molecule has 0 spiro atoms. The number of carbonyl (C=O) groups is 1. The van der Waals surface area contributed by atoms with Gasteiger partial charge in [0.25, 0.3) is 0 Å². The van der Waals surface area contributed by atoms with Crippen LogP contribution in [0.3, 0.4) is 0 Å². The minimum absolute atomic E-state index is 0.135. The van der Waals surface area contributed by atoms with Crippen LogP contribution in [0.1, 0.15) is 12.1 Å². The van der Waals surface area contributed by atoms with Gasteiger partial charge in [0.2, 0.25) is 5.91 Å². The molecular formula is C22H17BrClN3O3S2. The van der Waals surface area contributed by atoms with E-state index in [9.17, 15) is 13.2 Å². The molecule has 0 bridgehead atoms. The van der Waals surface area contributed by atoms with Gasteiger partial charge in [0.05, 0.1) is 33.1 Å². The molecule has 4 rings (SSSR count). The number of pyridine rings is 1. The smallest absolute Gasteiger partial charge is 0.230 e. The fraction of sp³-hybridized carbons (Fsp3) is 0.136. The number of nitrogens with zero attached hydrogens (tertiary/aromatic N) is 3. The van der Waals surface area contributed by atoms with E-state index in [4.69, 9.17) is 11.6 Å². The lowest BCUT2D eigenvalue weighted by molar-refractivity contribution is -0.118. The van der Waals surface area contributed by atoms with Gasteiger partial charge in [0.1, 0.15) is 0 Å². The number of halogens is 2. The van der Waals surface area contributed by atoms with Crippen LogP contribution < -0.4 is 4.90 Å². The molecule has 0 N–H and O–H groups in total. The molecule has 0 radical (unpaired) electrons. The average Bonchev–Trinajstić information content (AvgIpc) is 3.19. The van der Waals surface area contributed by atoms with Gasteiger partial charge in [-0.05, 0) is 54.6 Å². The third kappa shape index (κ3) is 5.35. The molecule has 10 heteroatoms. The average molecular weight is 551 g/mol. The van der Waals surface area contributed by atoms with Gasteiger partial charge in [-0.2, -0.15) is 0 Å². The maximum atomic E-state index is 13.2. The number of amides is 1. The number of anilines is 1. The Balaban J connectivity index is 1.60. The molecule has 0 aliphatic carbocycles. The molecule has 0 saturated heterocycles. The molecule has 0 fully saturated rings. The van der Waals surface area contributed by atoms with Crippen LogP contribution in [0.2, 0.25) is 5.02 Å². The van der Waals surface area contributed by atoms with E-state index in [2.05, 4.69) is 25.9 Å². The fourth-order valence-corrected chi connectivity index (χ4v) is 5.92. The monoisotopic (exact) mass is 549 g/mol. The van der Waals surface area contributed by atoms with E-state index in [0.29, 0.717) is 15.8 Å². The van der Waals surface area contributed by atoms with Crippen molar-refractivity contribution < 1.29 is 13.2 Å². The van der Waals surface area contributed by atoms with Crippen molar-refractivity contribution in [2.75, 3.05) is 10.7 Å². The summed E-state index contributed by atoms with van der Waals surface area (Å²) in [7, 11) is -3.64. The van der Waals surface area contributed by atoms with Crippen LogP contribution in [0.25, 0.3) is 10.2 Å². The highest BCUT2D eigenvalue weighted by molar-refractivity contribution is 9.10. The van der Waals surface area contributed by atoms with E-state index in [1.165, 1.54) is 40.5 Å². The summed E-state index contributed by atoms with van der Waals surface area (Å²) in [6, 6.07) is 17.1. The minimum Gasteiger partial charge on any atom is -0.282 e. The third-order valence-corrected chi connectivity index (χ3v) is 8.19. The minimum atomic E-state index is -3.64. The summed E-state index contributed by atoms with van der Waals surface area (Å²) in [6.07, 6.45) is 1.47. The Bertz CT molecular complexity index is 1360. The molecule has 0 unspecified atom stereocenters. The van der Waals surface area contributed by atoms with Gasteiger partial charge < -0.3 is 0 Å². The molecule has 0 aliphatic heterocycles. The van der Waals surface area contributed by atoms with E-state index in [0.717, 1.165) is 14.7 Å². The second kappa shape index (κ2) is 9.66. The summed E-state index contributed by atoms with van der Waals surface area (Å²) in [6.45, 7) is 0.196. The summed E-state index contributed by atoms with van der Waals surface area (Å²) >= 11 is 10.7. The van der Waals surface area contributed by atoms with Gasteiger partial charge in [0.15, 0.2) is 15.0 Å². The van der Waals surface area contributed by atoms with E-state index < -0.39 is 9.84 Å². The SMILES string of the molecule is O=C(CCS(=O)(=O)c1ccc(Cl)cc1)N(Cc1ccccn1)c1nc2ccc(Br)cc2s1.